The molecule has 12 rings (SSSR count). The Labute approximate surface area is 415 Å². The average molecular weight is 958 g/mol. The first-order valence-electron chi connectivity index (χ1n) is 25.5. The van der Waals surface area contributed by atoms with Crippen LogP contribution < -0.4 is 19.6 Å². The van der Waals surface area contributed by atoms with Crippen LogP contribution in [0.3, 0.4) is 0 Å². The maximum Gasteiger partial charge on any atom is 0.219 e. The number of nitriles is 1. The van der Waals surface area contributed by atoms with Crippen molar-refractivity contribution in [3.63, 3.8) is 0 Å². The molecule has 6 aliphatic heterocycles. The monoisotopic (exact) mass is 956 g/mol. The number of halogens is 1. The number of hydrogen-bond acceptors (Lipinski definition) is 12. The van der Waals surface area contributed by atoms with E-state index in [4.69, 9.17) is 41.6 Å². The molecule has 1 atom stereocenters. The van der Waals surface area contributed by atoms with E-state index in [9.17, 15) is 10.1 Å². The van der Waals surface area contributed by atoms with Crippen molar-refractivity contribution >= 4 is 51.4 Å². The summed E-state index contributed by atoms with van der Waals surface area (Å²) in [5, 5.41) is 26.8. The van der Waals surface area contributed by atoms with Crippen molar-refractivity contribution in [3.8, 4) is 28.6 Å². The zero-order chi connectivity index (χ0) is 47.5. The summed E-state index contributed by atoms with van der Waals surface area (Å²) in [6.07, 6.45) is 12.4. The lowest BCUT2D eigenvalue weighted by Crippen LogP contribution is -2.52. The summed E-state index contributed by atoms with van der Waals surface area (Å²) >= 11 is 6.42. The first-order valence-corrected chi connectivity index (χ1v) is 25.9. The van der Waals surface area contributed by atoms with Crippen molar-refractivity contribution in [1.29, 1.82) is 5.26 Å². The Morgan fingerprint density at radius 3 is 2.29 bits per heavy atom. The third-order valence-electron chi connectivity index (χ3n) is 16.9. The molecule has 10 heterocycles. The number of benzene rings is 2. The predicted molar refractivity (Wildman–Crippen MR) is 274 cm³/mol. The summed E-state index contributed by atoms with van der Waals surface area (Å²) in [5.74, 6) is 4.45. The van der Waals surface area contributed by atoms with Crippen LogP contribution in [0.25, 0.3) is 33.3 Å². The van der Waals surface area contributed by atoms with Gasteiger partial charge in [-0.05, 0) is 123 Å². The van der Waals surface area contributed by atoms with Gasteiger partial charge < -0.3 is 29.2 Å². The number of ether oxygens (including phenoxy) is 1. The van der Waals surface area contributed by atoms with Gasteiger partial charge in [0.05, 0.1) is 28.0 Å². The lowest BCUT2D eigenvalue weighted by molar-refractivity contribution is -0.129. The first kappa shape index (κ1) is 44.9. The molecule has 5 saturated heterocycles. The molecule has 0 N–H and O–H groups in total. The second-order valence-electron chi connectivity index (χ2n) is 20.9. The van der Waals surface area contributed by atoms with Crippen molar-refractivity contribution in [1.82, 2.24) is 34.8 Å². The molecule has 70 heavy (non-hydrogen) atoms. The number of hydrogen-bond donors (Lipinski definition) is 0. The summed E-state index contributed by atoms with van der Waals surface area (Å²) in [5.41, 5.74) is 8.23. The highest BCUT2D eigenvalue weighted by Crippen LogP contribution is 2.46. The minimum absolute atomic E-state index is 0.100. The second kappa shape index (κ2) is 18.5. The summed E-state index contributed by atoms with van der Waals surface area (Å²) in [6.45, 7) is 13.8. The molecule has 2 aromatic carbocycles. The van der Waals surface area contributed by atoms with Crippen LogP contribution in [-0.4, -0.2) is 112 Å². The number of carbonyl (C=O) groups is 1. The van der Waals surface area contributed by atoms with Gasteiger partial charge in [-0.1, -0.05) is 29.8 Å². The number of fused-ring (bicyclic) bond motifs is 2. The van der Waals surface area contributed by atoms with Crippen LogP contribution in [0.2, 0.25) is 5.02 Å². The number of pyridine rings is 2. The van der Waals surface area contributed by atoms with Crippen molar-refractivity contribution in [2.75, 3.05) is 85.2 Å². The van der Waals surface area contributed by atoms with Gasteiger partial charge in [-0.3, -0.25) is 14.5 Å². The number of carbonyl (C=O) groups excluding carboxylic acids is 1. The fourth-order valence-electron chi connectivity index (χ4n) is 12.7. The van der Waals surface area contributed by atoms with E-state index in [0.717, 1.165) is 166 Å². The molecule has 0 saturated carbocycles. The quantitative estimate of drug-likeness (QED) is 0.144. The van der Waals surface area contributed by atoms with E-state index in [-0.39, 0.29) is 11.3 Å². The molecule has 1 spiro atoms. The third-order valence-corrected chi connectivity index (χ3v) is 17.2. The maximum absolute atomic E-state index is 12.5. The molecular weight excluding hydrogens is 896 g/mol. The Bertz CT molecular complexity index is 2940. The highest BCUT2D eigenvalue weighted by atomic mass is 35.5. The Kier molecular flexibility index (Phi) is 11.8. The number of anilines is 4. The molecular formula is C55H61ClN12O2. The Morgan fingerprint density at radius 2 is 1.59 bits per heavy atom. The number of amides is 1. The molecule has 0 aliphatic carbocycles. The van der Waals surface area contributed by atoms with Gasteiger partial charge in [0.25, 0.3) is 0 Å². The van der Waals surface area contributed by atoms with Gasteiger partial charge in [-0.2, -0.15) is 10.4 Å². The SMILES string of the molecule is CC(=O)N1CCc2c(c(-c3cccc4cc(-c5ccc(N6CC(C7CCN(c8ccc(N9CCC%10(CC9)C[C@H](C)N(c9ccc(C#N)c(Cl)c9)C%10)nn8)CC7)C6)nc5)ncc34)nn2C2CCOCC2)C1. The lowest BCUT2D eigenvalue weighted by atomic mass is 9.77. The van der Waals surface area contributed by atoms with E-state index in [2.05, 4.69) is 85.8 Å². The van der Waals surface area contributed by atoms with Crippen molar-refractivity contribution in [3.05, 3.63) is 101 Å². The van der Waals surface area contributed by atoms with E-state index in [0.29, 0.717) is 41.1 Å². The fraction of sp³-hybridized carbons (Fsp3) is 0.473. The van der Waals surface area contributed by atoms with Crippen LogP contribution in [0.4, 0.5) is 23.1 Å². The van der Waals surface area contributed by atoms with Gasteiger partial charge >= 0.3 is 0 Å². The van der Waals surface area contributed by atoms with E-state index < -0.39 is 0 Å². The highest BCUT2D eigenvalue weighted by Gasteiger charge is 2.44. The largest absolute Gasteiger partial charge is 0.381 e. The zero-order valence-corrected chi connectivity index (χ0v) is 41.1. The van der Waals surface area contributed by atoms with E-state index in [1.54, 1.807) is 6.92 Å². The van der Waals surface area contributed by atoms with E-state index >= 15 is 0 Å². The second-order valence-corrected chi connectivity index (χ2v) is 21.3. The average Bonchev–Trinajstić information content (AvgIpc) is 3.93. The molecule has 6 aromatic rings. The van der Waals surface area contributed by atoms with Gasteiger partial charge in [0.1, 0.15) is 11.9 Å². The molecule has 14 nitrogen and oxygen atoms in total. The molecule has 6 aliphatic rings. The van der Waals surface area contributed by atoms with Crippen LogP contribution in [0, 0.1) is 28.6 Å². The van der Waals surface area contributed by atoms with Crippen molar-refractivity contribution in [2.24, 2.45) is 17.3 Å². The number of aromatic nitrogens is 6. The standard InChI is InChI=1S/C55H61ClN12O2/c1-36-28-55(35-67(36)44-8-6-40(29-57)48(56)27-44)17-22-64(23-18-55)53-11-10-52(60-61-53)63-19-12-38(13-20-63)42-32-66(33-42)51-9-7-41(30-59-51)49-26-39-4-3-5-45(46(39)31-58-49)54-47-34-65(37(2)69)21-14-50(47)68(62-54)43-15-24-70-25-16-43/h3-11,26-27,30-31,36,38,42-43H,12-25,28,32-35H2,1-2H3/t36-/m0/s1. The summed E-state index contributed by atoms with van der Waals surface area (Å²) in [7, 11) is 0. The van der Waals surface area contributed by atoms with Gasteiger partial charge in [0.15, 0.2) is 11.6 Å². The number of rotatable bonds is 8. The van der Waals surface area contributed by atoms with Crippen molar-refractivity contribution < 1.29 is 9.53 Å². The topological polar surface area (TPSA) is 136 Å². The third kappa shape index (κ3) is 8.38. The van der Waals surface area contributed by atoms with Crippen molar-refractivity contribution in [2.45, 2.75) is 83.8 Å². The van der Waals surface area contributed by atoms with Crippen LogP contribution in [-0.2, 0) is 22.5 Å². The van der Waals surface area contributed by atoms with Crippen LogP contribution in [0.1, 0.15) is 81.7 Å². The summed E-state index contributed by atoms with van der Waals surface area (Å²) in [4.78, 5) is 34.1. The minimum atomic E-state index is 0.100. The van der Waals surface area contributed by atoms with E-state index in [1.165, 1.54) is 18.5 Å². The smallest absolute Gasteiger partial charge is 0.219 e. The normalized spacial score (nSPS) is 21.1. The van der Waals surface area contributed by atoms with Gasteiger partial charge in [-0.15, -0.1) is 10.2 Å². The molecule has 0 radical (unpaired) electrons. The zero-order valence-electron chi connectivity index (χ0n) is 40.3. The minimum Gasteiger partial charge on any atom is -0.381 e. The van der Waals surface area contributed by atoms with Gasteiger partial charge in [0, 0.05) is 137 Å². The predicted octanol–water partition coefficient (Wildman–Crippen LogP) is 8.97. The Hall–Kier alpha value is -6.30. The van der Waals surface area contributed by atoms with Crippen LogP contribution in [0.5, 0.6) is 0 Å². The van der Waals surface area contributed by atoms with Crippen LogP contribution >= 0.6 is 11.6 Å². The molecule has 4 aromatic heterocycles. The number of nitrogens with zero attached hydrogens (tertiary/aromatic N) is 12. The molecule has 5 fully saturated rings. The fourth-order valence-corrected chi connectivity index (χ4v) is 12.9. The summed E-state index contributed by atoms with van der Waals surface area (Å²) in [6, 6.07) is 26.0. The van der Waals surface area contributed by atoms with Gasteiger partial charge in [0.2, 0.25) is 5.91 Å². The number of piperidine rings is 2. The van der Waals surface area contributed by atoms with E-state index in [1.807, 2.05) is 35.5 Å². The Morgan fingerprint density at radius 1 is 0.829 bits per heavy atom. The first-order chi connectivity index (χ1) is 34.2. The van der Waals surface area contributed by atoms with Gasteiger partial charge in [-0.25, -0.2) is 4.98 Å². The molecule has 360 valence electrons. The lowest BCUT2D eigenvalue weighted by Gasteiger charge is -2.46. The molecule has 0 unspecified atom stereocenters. The molecule has 15 heteroatoms. The molecule has 0 bridgehead atoms. The summed E-state index contributed by atoms with van der Waals surface area (Å²) < 4.78 is 7.95. The highest BCUT2D eigenvalue weighted by molar-refractivity contribution is 6.32. The van der Waals surface area contributed by atoms with Crippen LogP contribution in [0.15, 0.2) is 79.1 Å². The maximum atomic E-state index is 12.5. The molecule has 1 amide bonds. The Balaban J connectivity index is 0.635.